The van der Waals surface area contributed by atoms with Gasteiger partial charge >= 0.3 is 11.6 Å². The Morgan fingerprint density at radius 3 is 2.36 bits per heavy atom. The molecule has 0 aliphatic heterocycles. The minimum Gasteiger partial charge on any atom is -0.508 e. The van der Waals surface area contributed by atoms with Gasteiger partial charge in [-0.2, -0.15) is 8.42 Å². The molecule has 0 amide bonds. The third-order valence-corrected chi connectivity index (χ3v) is 4.45. The summed E-state index contributed by atoms with van der Waals surface area (Å²) in [6.45, 7) is 1.84. The first-order valence-electron chi connectivity index (χ1n) is 7.79. The normalized spacial score (nSPS) is 10.8. The molecule has 8 nitrogen and oxygen atoms in total. The summed E-state index contributed by atoms with van der Waals surface area (Å²) < 4.78 is 39.1. The summed E-state index contributed by atoms with van der Waals surface area (Å²) in [6.07, 6.45) is 0. The minimum absolute atomic E-state index is 0.00969. The van der Waals surface area contributed by atoms with Crippen molar-refractivity contribution in [3.63, 3.8) is 0 Å². The van der Waals surface area contributed by atoms with Gasteiger partial charge < -0.3 is 14.3 Å². The second-order valence-corrected chi connectivity index (χ2v) is 7.18. The zero-order valence-corrected chi connectivity index (χ0v) is 16.0. The molecule has 10 heteroatoms. The minimum atomic E-state index is -4.08. The molecule has 3 rings (SSSR count). The van der Waals surface area contributed by atoms with Crippen LogP contribution in [-0.2, 0) is 14.9 Å². The summed E-state index contributed by atoms with van der Waals surface area (Å²) in [4.78, 5) is 22.8. The highest BCUT2D eigenvalue weighted by Crippen LogP contribution is 2.19. The molecule has 0 aliphatic carbocycles. The number of esters is 1. The first kappa shape index (κ1) is 21.4. The molecule has 148 valence electrons. The van der Waals surface area contributed by atoms with Crippen LogP contribution < -0.4 is 5.63 Å². The monoisotopic (exact) mass is 426 g/mol. The van der Waals surface area contributed by atoms with Crippen molar-refractivity contribution in [3.05, 3.63) is 69.5 Å². The molecular weight excluding hydrogens is 412 g/mol. The van der Waals surface area contributed by atoms with E-state index >= 15 is 0 Å². The zero-order valence-electron chi connectivity index (χ0n) is 14.5. The van der Waals surface area contributed by atoms with E-state index in [1.807, 2.05) is 0 Å². The van der Waals surface area contributed by atoms with Crippen molar-refractivity contribution >= 4 is 38.7 Å². The maximum atomic E-state index is 11.5. The van der Waals surface area contributed by atoms with E-state index in [9.17, 15) is 23.1 Å². The van der Waals surface area contributed by atoms with Gasteiger partial charge in [-0.3, -0.25) is 4.55 Å². The van der Waals surface area contributed by atoms with Crippen LogP contribution in [0.4, 0.5) is 0 Å². The fourth-order valence-corrected chi connectivity index (χ4v) is 2.66. The van der Waals surface area contributed by atoms with Crippen LogP contribution in [0.2, 0.25) is 5.02 Å². The van der Waals surface area contributed by atoms with Crippen LogP contribution in [0.5, 0.6) is 5.75 Å². The van der Waals surface area contributed by atoms with Crippen molar-refractivity contribution in [1.82, 2.24) is 0 Å². The molecule has 1 heterocycles. The average Bonchev–Trinajstić information content (AvgIpc) is 2.61. The van der Waals surface area contributed by atoms with Gasteiger partial charge in [0.15, 0.2) is 0 Å². The van der Waals surface area contributed by atoms with Gasteiger partial charge in [0.1, 0.15) is 16.9 Å². The summed E-state index contributed by atoms with van der Waals surface area (Å²) in [5.74, 6) is -0.722. The predicted octanol–water partition coefficient (Wildman–Crippen LogP) is 3.26. The second-order valence-electron chi connectivity index (χ2n) is 5.32. The highest BCUT2D eigenvalue weighted by molar-refractivity contribution is 7.85. The molecule has 0 saturated heterocycles. The highest BCUT2D eigenvalue weighted by atomic mass is 35.5. The molecule has 2 aromatic carbocycles. The number of carbonyl (C=O) groups excluding carboxylic acids is 1. The Morgan fingerprint density at radius 2 is 1.79 bits per heavy atom. The van der Waals surface area contributed by atoms with E-state index in [1.54, 1.807) is 13.0 Å². The molecule has 3 aromatic rings. The Labute approximate surface area is 164 Å². The number of halogens is 1. The first-order valence-corrected chi connectivity index (χ1v) is 9.60. The fraction of sp³-hybridized carbons (Fsp3) is 0.111. The van der Waals surface area contributed by atoms with Crippen LogP contribution >= 0.6 is 11.6 Å². The van der Waals surface area contributed by atoms with Crippen LogP contribution in [0.25, 0.3) is 11.0 Å². The number of hydrogen-bond donors (Lipinski definition) is 2. The first-order chi connectivity index (χ1) is 13.1. The summed E-state index contributed by atoms with van der Waals surface area (Å²) in [5, 5.41) is 10.2. The van der Waals surface area contributed by atoms with Crippen LogP contribution in [0.3, 0.4) is 0 Å². The Morgan fingerprint density at radius 1 is 1.14 bits per heavy atom. The Balaban J connectivity index is 0.000000221. The van der Waals surface area contributed by atoms with Crippen LogP contribution in [0.15, 0.2) is 62.6 Å². The number of hydrogen-bond acceptors (Lipinski definition) is 7. The Kier molecular flexibility index (Phi) is 6.79. The van der Waals surface area contributed by atoms with E-state index in [1.165, 1.54) is 42.5 Å². The number of benzene rings is 2. The van der Waals surface area contributed by atoms with Crippen LogP contribution in [-0.4, -0.2) is 30.7 Å². The average molecular weight is 427 g/mol. The van der Waals surface area contributed by atoms with Crippen molar-refractivity contribution in [2.75, 3.05) is 6.61 Å². The number of fused-ring (bicyclic) bond motifs is 1. The number of phenols is 1. The molecule has 0 saturated carbocycles. The van der Waals surface area contributed by atoms with Crippen LogP contribution in [0.1, 0.15) is 17.3 Å². The smallest absolute Gasteiger partial charge is 0.351 e. The van der Waals surface area contributed by atoms with E-state index in [4.69, 9.17) is 25.3 Å². The van der Waals surface area contributed by atoms with Crippen molar-refractivity contribution in [1.29, 1.82) is 0 Å². The summed E-state index contributed by atoms with van der Waals surface area (Å²) in [5.41, 5.74) is -0.699. The van der Waals surface area contributed by atoms with Gasteiger partial charge in [-0.05, 0) is 49.4 Å². The zero-order chi connectivity index (χ0) is 20.9. The number of rotatable bonds is 3. The number of aromatic hydroxyl groups is 1. The van der Waals surface area contributed by atoms with Gasteiger partial charge in [0, 0.05) is 16.5 Å². The molecule has 0 spiro atoms. The summed E-state index contributed by atoms with van der Waals surface area (Å²) in [7, 11) is -4.08. The molecule has 0 radical (unpaired) electrons. The molecule has 2 N–H and O–H groups in total. The second kappa shape index (κ2) is 8.87. The van der Waals surface area contributed by atoms with Gasteiger partial charge in [-0.1, -0.05) is 11.6 Å². The van der Waals surface area contributed by atoms with Crippen LogP contribution in [0, 0.1) is 0 Å². The topological polar surface area (TPSA) is 131 Å². The van der Waals surface area contributed by atoms with E-state index in [2.05, 4.69) is 0 Å². The van der Waals surface area contributed by atoms with E-state index in [0.717, 1.165) is 0 Å². The van der Waals surface area contributed by atoms with Gasteiger partial charge in [0.2, 0.25) is 0 Å². The lowest BCUT2D eigenvalue weighted by Crippen LogP contribution is -2.16. The standard InChI is InChI=1S/C12H10O5.C6H5ClO3S/c1-2-16-11(14)9-5-7-3-4-8(13)6-10(7)17-12(9)15;7-5-1-3-6(4-2-5)11(8,9)10/h3-6,13H,2H2,1H3;1-4H,(H,8,9,10). The molecule has 0 fully saturated rings. The molecule has 0 bridgehead atoms. The summed E-state index contributed by atoms with van der Waals surface area (Å²) in [6, 6.07) is 10.9. The maximum absolute atomic E-state index is 11.5. The number of carbonyl (C=O) groups is 1. The largest absolute Gasteiger partial charge is 0.508 e. The number of ether oxygens (including phenoxy) is 1. The molecule has 0 atom stereocenters. The fourth-order valence-electron chi connectivity index (χ4n) is 2.06. The van der Waals surface area contributed by atoms with Gasteiger partial charge in [0.25, 0.3) is 10.1 Å². The van der Waals surface area contributed by atoms with Crippen molar-refractivity contribution in [2.24, 2.45) is 0 Å². The lowest BCUT2D eigenvalue weighted by molar-refractivity contribution is 0.0521. The molecule has 0 unspecified atom stereocenters. The third kappa shape index (κ3) is 5.56. The number of phenolic OH excluding ortho intramolecular Hbond substituents is 1. The van der Waals surface area contributed by atoms with Gasteiger partial charge in [-0.25, -0.2) is 9.59 Å². The Bertz CT molecular complexity index is 1150. The third-order valence-electron chi connectivity index (χ3n) is 3.33. The molecular formula is C18H15ClO8S. The lowest BCUT2D eigenvalue weighted by Gasteiger charge is -2.02. The lowest BCUT2D eigenvalue weighted by atomic mass is 10.2. The molecule has 1 aromatic heterocycles. The maximum Gasteiger partial charge on any atom is 0.351 e. The van der Waals surface area contributed by atoms with E-state index in [0.29, 0.717) is 10.4 Å². The SMILES string of the molecule is CCOC(=O)c1cc2ccc(O)cc2oc1=O.O=S(=O)(O)c1ccc(Cl)cc1. The van der Waals surface area contributed by atoms with Crippen molar-refractivity contribution < 1.29 is 32.0 Å². The van der Waals surface area contributed by atoms with E-state index < -0.39 is 21.7 Å². The van der Waals surface area contributed by atoms with Gasteiger partial charge in [-0.15, -0.1) is 0 Å². The predicted molar refractivity (Wildman–Crippen MR) is 101 cm³/mol. The molecule has 28 heavy (non-hydrogen) atoms. The Hall–Kier alpha value is -2.88. The van der Waals surface area contributed by atoms with E-state index in [-0.39, 0.29) is 28.4 Å². The highest BCUT2D eigenvalue weighted by Gasteiger charge is 2.14. The van der Waals surface area contributed by atoms with Crippen molar-refractivity contribution in [2.45, 2.75) is 11.8 Å². The van der Waals surface area contributed by atoms with Crippen molar-refractivity contribution in [3.8, 4) is 5.75 Å². The quantitative estimate of drug-likeness (QED) is 0.370. The molecule has 0 aliphatic rings. The summed E-state index contributed by atoms with van der Waals surface area (Å²) >= 11 is 5.49. The van der Waals surface area contributed by atoms with Gasteiger partial charge in [0.05, 0.1) is 11.5 Å².